The van der Waals surface area contributed by atoms with Crippen LogP contribution in [-0.2, 0) is 12.3 Å². The summed E-state index contributed by atoms with van der Waals surface area (Å²) in [6.07, 6.45) is 2.95. The van der Waals surface area contributed by atoms with Gasteiger partial charge in [-0.1, -0.05) is 38.1 Å². The van der Waals surface area contributed by atoms with Crippen LogP contribution in [0.2, 0.25) is 0 Å². The van der Waals surface area contributed by atoms with Crippen LogP contribution in [0.5, 0.6) is 0 Å². The van der Waals surface area contributed by atoms with Crippen LogP contribution in [0.1, 0.15) is 25.2 Å². The third-order valence-corrected chi connectivity index (χ3v) is 2.92. The van der Waals surface area contributed by atoms with Gasteiger partial charge >= 0.3 is 0 Å². The van der Waals surface area contributed by atoms with E-state index in [9.17, 15) is 0 Å². The van der Waals surface area contributed by atoms with Crippen molar-refractivity contribution in [3.8, 4) is 11.3 Å². The molecular weight excluding hydrogens is 232 g/mol. The fourth-order valence-corrected chi connectivity index (χ4v) is 2.00. The van der Waals surface area contributed by atoms with Gasteiger partial charge in [0.25, 0.3) is 0 Å². The lowest BCUT2D eigenvalue weighted by atomic mass is 10.0. The van der Waals surface area contributed by atoms with Gasteiger partial charge in [0.05, 0.1) is 17.8 Å². The highest BCUT2D eigenvalue weighted by atomic mass is 35.5. The Bertz CT molecular complexity index is 471. The number of aromatic nitrogens is 2. The molecule has 0 amide bonds. The number of hydrogen-bond acceptors (Lipinski definition) is 1. The minimum atomic E-state index is 0.422. The summed E-state index contributed by atoms with van der Waals surface area (Å²) >= 11 is 5.72. The lowest BCUT2D eigenvalue weighted by Crippen LogP contribution is -1.93. The van der Waals surface area contributed by atoms with E-state index in [1.54, 1.807) is 0 Å². The van der Waals surface area contributed by atoms with Gasteiger partial charge in [0.2, 0.25) is 0 Å². The molecule has 0 radical (unpaired) electrons. The van der Waals surface area contributed by atoms with E-state index in [0.717, 1.165) is 23.5 Å². The van der Waals surface area contributed by atoms with Gasteiger partial charge in [0.15, 0.2) is 0 Å². The van der Waals surface area contributed by atoms with E-state index in [4.69, 9.17) is 11.6 Å². The van der Waals surface area contributed by atoms with E-state index in [-0.39, 0.29) is 0 Å². The molecule has 17 heavy (non-hydrogen) atoms. The predicted molar refractivity (Wildman–Crippen MR) is 72.1 cm³/mol. The van der Waals surface area contributed by atoms with Crippen LogP contribution >= 0.6 is 11.6 Å². The summed E-state index contributed by atoms with van der Waals surface area (Å²) in [6.45, 7) is 4.46. The van der Waals surface area contributed by atoms with E-state index >= 15 is 0 Å². The Hall–Kier alpha value is -1.28. The first-order chi connectivity index (χ1) is 8.19. The molecule has 2 nitrogen and oxygen atoms in total. The van der Waals surface area contributed by atoms with Gasteiger partial charge in [-0.3, -0.25) is 0 Å². The van der Waals surface area contributed by atoms with Crippen LogP contribution in [0.4, 0.5) is 0 Å². The van der Waals surface area contributed by atoms with Crippen LogP contribution in [0.15, 0.2) is 30.5 Å². The van der Waals surface area contributed by atoms with Crippen molar-refractivity contribution >= 4 is 11.6 Å². The topological polar surface area (TPSA) is 28.7 Å². The summed E-state index contributed by atoms with van der Waals surface area (Å²) in [5.41, 5.74) is 3.55. The summed E-state index contributed by atoms with van der Waals surface area (Å²) in [4.78, 5) is 7.39. The van der Waals surface area contributed by atoms with Gasteiger partial charge in [-0.05, 0) is 23.5 Å². The quantitative estimate of drug-likeness (QED) is 0.814. The first kappa shape index (κ1) is 12.2. The molecular formula is C14H17ClN2. The minimum Gasteiger partial charge on any atom is -0.341 e. The molecule has 1 aromatic carbocycles. The van der Waals surface area contributed by atoms with Crippen molar-refractivity contribution in [2.45, 2.75) is 26.1 Å². The third kappa shape index (κ3) is 3.10. The summed E-state index contributed by atoms with van der Waals surface area (Å²) < 4.78 is 0. The Kier molecular flexibility index (Phi) is 3.85. The van der Waals surface area contributed by atoms with Crippen molar-refractivity contribution in [1.29, 1.82) is 0 Å². The van der Waals surface area contributed by atoms with Crippen molar-refractivity contribution in [3.05, 3.63) is 41.9 Å². The molecule has 1 aromatic heterocycles. The molecule has 0 fully saturated rings. The van der Waals surface area contributed by atoms with Crippen molar-refractivity contribution in [2.75, 3.05) is 0 Å². The average molecular weight is 249 g/mol. The number of nitrogens with zero attached hydrogens (tertiary/aromatic N) is 1. The summed E-state index contributed by atoms with van der Waals surface area (Å²) in [6, 6.07) is 8.61. The minimum absolute atomic E-state index is 0.422. The fourth-order valence-electron chi connectivity index (χ4n) is 1.87. The summed E-state index contributed by atoms with van der Waals surface area (Å²) in [5.74, 6) is 1.93. The number of benzene rings is 1. The highest BCUT2D eigenvalue weighted by Gasteiger charge is 2.03. The summed E-state index contributed by atoms with van der Waals surface area (Å²) in [7, 11) is 0. The number of H-pyrrole nitrogens is 1. The number of imidazole rings is 1. The fraction of sp³-hybridized carbons (Fsp3) is 0.357. The van der Waals surface area contributed by atoms with Crippen molar-refractivity contribution in [3.63, 3.8) is 0 Å². The number of hydrogen-bond donors (Lipinski definition) is 1. The molecule has 1 N–H and O–H groups in total. The Morgan fingerprint density at radius 1 is 1.24 bits per heavy atom. The van der Waals surface area contributed by atoms with Crippen LogP contribution in [0.25, 0.3) is 11.3 Å². The molecule has 1 heterocycles. The maximum atomic E-state index is 5.72. The Balaban J connectivity index is 2.17. The first-order valence-corrected chi connectivity index (χ1v) is 6.41. The monoisotopic (exact) mass is 248 g/mol. The standard InChI is InChI=1S/C14H17ClN2/c1-10(2)7-11-3-5-12(6-4-11)13-9-16-14(8-15)17-13/h3-6,9-10H,7-8H2,1-2H3,(H,16,17). The molecule has 2 rings (SSSR count). The van der Waals surface area contributed by atoms with Crippen molar-refractivity contribution in [1.82, 2.24) is 9.97 Å². The zero-order valence-electron chi connectivity index (χ0n) is 10.2. The van der Waals surface area contributed by atoms with Crippen LogP contribution in [0.3, 0.4) is 0 Å². The van der Waals surface area contributed by atoms with Crippen molar-refractivity contribution < 1.29 is 0 Å². The number of halogens is 1. The average Bonchev–Trinajstić information content (AvgIpc) is 2.78. The largest absolute Gasteiger partial charge is 0.341 e. The van der Waals surface area contributed by atoms with Gasteiger partial charge in [-0.2, -0.15) is 0 Å². The number of nitrogens with one attached hydrogen (secondary N) is 1. The van der Waals surface area contributed by atoms with E-state index in [1.165, 1.54) is 5.56 Å². The highest BCUT2D eigenvalue weighted by molar-refractivity contribution is 6.16. The second kappa shape index (κ2) is 5.37. The van der Waals surface area contributed by atoms with Gasteiger partial charge < -0.3 is 4.98 Å². The molecule has 3 heteroatoms. The van der Waals surface area contributed by atoms with Gasteiger partial charge in [0, 0.05) is 0 Å². The molecule has 0 aliphatic rings. The second-order valence-electron chi connectivity index (χ2n) is 4.67. The van der Waals surface area contributed by atoms with E-state index in [1.807, 2.05) is 6.20 Å². The smallest absolute Gasteiger partial charge is 0.121 e. The molecule has 0 saturated heterocycles. The van der Waals surface area contributed by atoms with Crippen LogP contribution in [-0.4, -0.2) is 9.97 Å². The van der Waals surface area contributed by atoms with Crippen molar-refractivity contribution in [2.24, 2.45) is 5.92 Å². The lowest BCUT2D eigenvalue weighted by molar-refractivity contribution is 0.647. The summed E-state index contributed by atoms with van der Waals surface area (Å²) in [5, 5.41) is 0. The van der Waals surface area contributed by atoms with E-state index in [0.29, 0.717) is 11.8 Å². The molecule has 0 aliphatic heterocycles. The zero-order valence-corrected chi connectivity index (χ0v) is 11.0. The molecule has 0 spiro atoms. The molecule has 0 unspecified atom stereocenters. The third-order valence-electron chi connectivity index (χ3n) is 2.66. The molecule has 0 bridgehead atoms. The molecule has 0 aliphatic carbocycles. The predicted octanol–water partition coefficient (Wildman–Crippen LogP) is 4.01. The highest BCUT2D eigenvalue weighted by Crippen LogP contribution is 2.19. The zero-order chi connectivity index (χ0) is 12.3. The number of aromatic amines is 1. The van der Waals surface area contributed by atoms with Gasteiger partial charge in [-0.15, -0.1) is 11.6 Å². The SMILES string of the molecule is CC(C)Cc1ccc(-c2cnc(CCl)[nH]2)cc1. The molecule has 0 atom stereocenters. The first-order valence-electron chi connectivity index (χ1n) is 5.88. The van der Waals surface area contributed by atoms with Gasteiger partial charge in [-0.25, -0.2) is 4.98 Å². The maximum Gasteiger partial charge on any atom is 0.121 e. The molecule has 2 aromatic rings. The lowest BCUT2D eigenvalue weighted by Gasteiger charge is -2.05. The second-order valence-corrected chi connectivity index (χ2v) is 4.94. The normalized spacial score (nSPS) is 11.1. The van der Waals surface area contributed by atoms with E-state index < -0.39 is 0 Å². The Morgan fingerprint density at radius 2 is 1.94 bits per heavy atom. The van der Waals surface area contributed by atoms with Gasteiger partial charge in [0.1, 0.15) is 5.82 Å². The number of rotatable bonds is 4. The number of alkyl halides is 1. The molecule has 0 saturated carbocycles. The Morgan fingerprint density at radius 3 is 2.47 bits per heavy atom. The van der Waals surface area contributed by atoms with Crippen LogP contribution < -0.4 is 0 Å². The Labute approximate surface area is 107 Å². The van der Waals surface area contributed by atoms with Crippen LogP contribution in [0, 0.1) is 5.92 Å². The maximum absolute atomic E-state index is 5.72. The molecule has 90 valence electrons. The van der Waals surface area contributed by atoms with E-state index in [2.05, 4.69) is 48.1 Å².